The van der Waals surface area contributed by atoms with Gasteiger partial charge in [-0.1, -0.05) is 6.92 Å². The SMILES string of the molecule is CC1CCN(C(=O)NC(CCC(=O)O)C(=O)O)CC1. The number of nitrogens with one attached hydrogen (secondary N) is 1. The number of aliphatic carboxylic acids is 2. The lowest BCUT2D eigenvalue weighted by Gasteiger charge is -2.31. The number of nitrogens with zero attached hydrogens (tertiary/aromatic N) is 1. The predicted molar refractivity (Wildman–Crippen MR) is 66.8 cm³/mol. The van der Waals surface area contributed by atoms with Gasteiger partial charge in [0.05, 0.1) is 0 Å². The van der Waals surface area contributed by atoms with Crippen LogP contribution in [0.5, 0.6) is 0 Å². The maximum atomic E-state index is 11.9. The van der Waals surface area contributed by atoms with Crippen LogP contribution >= 0.6 is 0 Å². The van der Waals surface area contributed by atoms with E-state index < -0.39 is 24.0 Å². The number of carbonyl (C=O) groups excluding carboxylic acids is 1. The lowest BCUT2D eigenvalue weighted by molar-refractivity contribution is -0.140. The van der Waals surface area contributed by atoms with Crippen LogP contribution in [0.1, 0.15) is 32.6 Å². The molecule has 108 valence electrons. The second kappa shape index (κ2) is 6.96. The molecular formula is C12H20N2O5. The fraction of sp³-hybridized carbons (Fsp3) is 0.750. The van der Waals surface area contributed by atoms with E-state index in [-0.39, 0.29) is 12.8 Å². The van der Waals surface area contributed by atoms with Crippen molar-refractivity contribution in [1.82, 2.24) is 10.2 Å². The van der Waals surface area contributed by atoms with Gasteiger partial charge in [0, 0.05) is 19.5 Å². The fourth-order valence-corrected chi connectivity index (χ4v) is 1.98. The van der Waals surface area contributed by atoms with E-state index in [0.29, 0.717) is 19.0 Å². The van der Waals surface area contributed by atoms with Crippen LogP contribution < -0.4 is 5.32 Å². The number of hydrogen-bond acceptors (Lipinski definition) is 3. The van der Waals surface area contributed by atoms with Crippen LogP contribution in [-0.4, -0.2) is 52.2 Å². The van der Waals surface area contributed by atoms with Gasteiger partial charge in [-0.2, -0.15) is 0 Å². The second-order valence-electron chi connectivity index (χ2n) is 4.94. The average Bonchev–Trinajstić information content (AvgIpc) is 2.34. The molecule has 0 aromatic heterocycles. The van der Waals surface area contributed by atoms with Gasteiger partial charge in [0.1, 0.15) is 6.04 Å². The molecule has 1 rings (SSSR count). The van der Waals surface area contributed by atoms with Crippen molar-refractivity contribution in [2.24, 2.45) is 5.92 Å². The minimum absolute atomic E-state index is 0.110. The van der Waals surface area contributed by atoms with Crippen molar-refractivity contribution in [3.63, 3.8) is 0 Å². The van der Waals surface area contributed by atoms with Gasteiger partial charge in [-0.15, -0.1) is 0 Å². The lowest BCUT2D eigenvalue weighted by Crippen LogP contribution is -2.50. The summed E-state index contributed by atoms with van der Waals surface area (Å²) in [7, 11) is 0. The smallest absolute Gasteiger partial charge is 0.326 e. The molecule has 0 bridgehead atoms. The standard InChI is InChI=1S/C12H20N2O5/c1-8-4-6-14(7-5-8)12(19)13-9(11(17)18)2-3-10(15)16/h8-9H,2-7H2,1H3,(H,13,19)(H,15,16)(H,17,18). The van der Waals surface area contributed by atoms with E-state index in [1.54, 1.807) is 4.90 Å². The van der Waals surface area contributed by atoms with Crippen LogP contribution in [0, 0.1) is 5.92 Å². The molecule has 1 aliphatic heterocycles. The fourth-order valence-electron chi connectivity index (χ4n) is 1.98. The summed E-state index contributed by atoms with van der Waals surface area (Å²) in [6.07, 6.45) is 1.41. The first kappa shape index (κ1) is 15.3. The van der Waals surface area contributed by atoms with Crippen LogP contribution in [-0.2, 0) is 9.59 Å². The number of urea groups is 1. The highest BCUT2D eigenvalue weighted by Gasteiger charge is 2.25. The van der Waals surface area contributed by atoms with Gasteiger partial charge < -0.3 is 20.4 Å². The first-order valence-electron chi connectivity index (χ1n) is 6.40. The zero-order chi connectivity index (χ0) is 14.4. The molecule has 0 aromatic rings. The zero-order valence-corrected chi connectivity index (χ0v) is 11.0. The highest BCUT2D eigenvalue weighted by atomic mass is 16.4. The van der Waals surface area contributed by atoms with Gasteiger partial charge >= 0.3 is 18.0 Å². The molecule has 1 fully saturated rings. The van der Waals surface area contributed by atoms with Gasteiger partial charge in [0.15, 0.2) is 0 Å². The molecule has 1 aliphatic rings. The van der Waals surface area contributed by atoms with Crippen molar-refractivity contribution >= 4 is 18.0 Å². The third-order valence-corrected chi connectivity index (χ3v) is 3.31. The van der Waals surface area contributed by atoms with Crippen molar-refractivity contribution in [3.05, 3.63) is 0 Å². The zero-order valence-electron chi connectivity index (χ0n) is 11.0. The maximum Gasteiger partial charge on any atom is 0.326 e. The Morgan fingerprint density at radius 3 is 2.32 bits per heavy atom. The lowest BCUT2D eigenvalue weighted by atomic mass is 9.99. The van der Waals surface area contributed by atoms with Crippen LogP contribution in [0.3, 0.4) is 0 Å². The Bertz CT molecular complexity index is 350. The molecule has 19 heavy (non-hydrogen) atoms. The van der Waals surface area contributed by atoms with Gasteiger partial charge in [-0.3, -0.25) is 4.79 Å². The highest BCUT2D eigenvalue weighted by Crippen LogP contribution is 2.16. The van der Waals surface area contributed by atoms with E-state index in [1.807, 2.05) is 0 Å². The highest BCUT2D eigenvalue weighted by molar-refractivity contribution is 5.83. The number of amides is 2. The molecular weight excluding hydrogens is 252 g/mol. The maximum absolute atomic E-state index is 11.9. The van der Waals surface area contributed by atoms with E-state index in [1.165, 1.54) is 0 Å². The summed E-state index contributed by atoms with van der Waals surface area (Å²) in [6, 6.07) is -1.58. The average molecular weight is 272 g/mol. The Labute approximate surface area is 111 Å². The van der Waals surface area contributed by atoms with Crippen molar-refractivity contribution in [1.29, 1.82) is 0 Å². The van der Waals surface area contributed by atoms with Crippen molar-refractivity contribution in [2.45, 2.75) is 38.6 Å². The molecule has 1 heterocycles. The van der Waals surface area contributed by atoms with Gasteiger partial charge in [0.25, 0.3) is 0 Å². The molecule has 1 saturated heterocycles. The van der Waals surface area contributed by atoms with E-state index in [2.05, 4.69) is 12.2 Å². The minimum atomic E-state index is -1.21. The van der Waals surface area contributed by atoms with E-state index in [0.717, 1.165) is 12.8 Å². The van der Waals surface area contributed by atoms with Crippen LogP contribution in [0.15, 0.2) is 0 Å². The van der Waals surface area contributed by atoms with Gasteiger partial charge in [0.2, 0.25) is 0 Å². The molecule has 2 amide bonds. The Morgan fingerprint density at radius 2 is 1.84 bits per heavy atom. The monoisotopic (exact) mass is 272 g/mol. The van der Waals surface area contributed by atoms with Crippen LogP contribution in [0.2, 0.25) is 0 Å². The Balaban J connectivity index is 2.46. The molecule has 0 saturated carbocycles. The molecule has 7 heteroatoms. The number of carboxylic acid groups (broad SMARTS) is 2. The first-order valence-corrected chi connectivity index (χ1v) is 6.40. The summed E-state index contributed by atoms with van der Waals surface area (Å²) in [6.45, 7) is 3.33. The number of likely N-dealkylation sites (tertiary alicyclic amines) is 1. The number of carbonyl (C=O) groups is 3. The summed E-state index contributed by atoms with van der Waals surface area (Å²) in [5.74, 6) is -1.71. The Morgan fingerprint density at radius 1 is 1.26 bits per heavy atom. The number of piperidine rings is 1. The summed E-state index contributed by atoms with van der Waals surface area (Å²) in [5, 5.41) is 19.9. The molecule has 0 aliphatic carbocycles. The topological polar surface area (TPSA) is 107 Å². The second-order valence-corrected chi connectivity index (χ2v) is 4.94. The molecule has 0 radical (unpaired) electrons. The Hall–Kier alpha value is -1.79. The first-order chi connectivity index (χ1) is 8.90. The normalized spacial score (nSPS) is 17.8. The van der Waals surface area contributed by atoms with Crippen molar-refractivity contribution < 1.29 is 24.6 Å². The third kappa shape index (κ3) is 5.15. The summed E-state index contributed by atoms with van der Waals surface area (Å²) < 4.78 is 0. The van der Waals surface area contributed by atoms with Crippen molar-refractivity contribution in [3.8, 4) is 0 Å². The summed E-state index contributed by atoms with van der Waals surface area (Å²) in [4.78, 5) is 34.8. The van der Waals surface area contributed by atoms with E-state index in [9.17, 15) is 14.4 Å². The molecule has 1 unspecified atom stereocenters. The quantitative estimate of drug-likeness (QED) is 0.684. The summed E-state index contributed by atoms with van der Waals surface area (Å²) >= 11 is 0. The number of rotatable bonds is 5. The molecule has 7 nitrogen and oxygen atoms in total. The number of hydrogen-bond donors (Lipinski definition) is 3. The molecule has 3 N–H and O–H groups in total. The summed E-state index contributed by atoms with van der Waals surface area (Å²) in [5.41, 5.74) is 0. The largest absolute Gasteiger partial charge is 0.481 e. The minimum Gasteiger partial charge on any atom is -0.481 e. The van der Waals surface area contributed by atoms with Gasteiger partial charge in [-0.05, 0) is 25.2 Å². The predicted octanol–water partition coefficient (Wildman–Crippen LogP) is 0.746. The number of carboxylic acids is 2. The van der Waals surface area contributed by atoms with E-state index in [4.69, 9.17) is 10.2 Å². The molecule has 1 atom stereocenters. The third-order valence-electron chi connectivity index (χ3n) is 3.31. The molecule has 0 spiro atoms. The van der Waals surface area contributed by atoms with Crippen molar-refractivity contribution in [2.75, 3.05) is 13.1 Å². The molecule has 0 aromatic carbocycles. The van der Waals surface area contributed by atoms with E-state index >= 15 is 0 Å². The van der Waals surface area contributed by atoms with Crippen LogP contribution in [0.4, 0.5) is 4.79 Å². The Kier molecular flexibility index (Phi) is 5.59. The van der Waals surface area contributed by atoms with Crippen LogP contribution in [0.25, 0.3) is 0 Å². The van der Waals surface area contributed by atoms with Gasteiger partial charge in [-0.25, -0.2) is 9.59 Å².